The number of fused-ring (bicyclic) bond motifs is 3. The van der Waals surface area contributed by atoms with E-state index in [4.69, 9.17) is 14.7 Å². The number of benzene rings is 1. The highest BCUT2D eigenvalue weighted by molar-refractivity contribution is 5.85. The molecule has 3 aromatic rings. The Morgan fingerprint density at radius 1 is 1.22 bits per heavy atom. The lowest BCUT2D eigenvalue weighted by atomic mass is 9.85. The molecule has 36 heavy (non-hydrogen) atoms. The van der Waals surface area contributed by atoms with Crippen molar-refractivity contribution >= 4 is 16.9 Å². The van der Waals surface area contributed by atoms with Gasteiger partial charge in [-0.15, -0.1) is 6.58 Å². The van der Waals surface area contributed by atoms with Crippen LogP contribution in [0.3, 0.4) is 0 Å². The summed E-state index contributed by atoms with van der Waals surface area (Å²) in [6.45, 7) is 8.11. The molecule has 0 amide bonds. The lowest BCUT2D eigenvalue weighted by Crippen LogP contribution is -2.45. The second-order valence-electron chi connectivity index (χ2n) is 10.6. The van der Waals surface area contributed by atoms with Gasteiger partial charge in [-0.2, -0.15) is 0 Å². The van der Waals surface area contributed by atoms with E-state index >= 15 is 0 Å². The number of anilines is 1. The van der Waals surface area contributed by atoms with E-state index in [9.17, 15) is 8.78 Å². The van der Waals surface area contributed by atoms with Crippen LogP contribution in [-0.2, 0) is 11.2 Å². The summed E-state index contributed by atoms with van der Waals surface area (Å²) in [6, 6.07) is 7.79. The van der Waals surface area contributed by atoms with Gasteiger partial charge in [0, 0.05) is 59.6 Å². The van der Waals surface area contributed by atoms with Crippen LogP contribution in [0.25, 0.3) is 10.9 Å². The molecular formula is C28H33F2N5O. The van der Waals surface area contributed by atoms with Gasteiger partial charge in [-0.3, -0.25) is 4.90 Å². The number of hydrogen-bond donors (Lipinski definition) is 1. The Labute approximate surface area is 210 Å². The molecule has 1 N–H and O–H groups in total. The van der Waals surface area contributed by atoms with Crippen LogP contribution in [0.2, 0.25) is 0 Å². The number of nitrogens with one attached hydrogen (secondary N) is 1. The van der Waals surface area contributed by atoms with Crippen molar-refractivity contribution in [3.8, 4) is 0 Å². The molecule has 6 nitrogen and oxygen atoms in total. The highest BCUT2D eigenvalue weighted by Gasteiger charge is 2.42. The SMILES string of the molecule is C=CC1COC2(CCN(c3ncc(C4c5[nH]c6ccccc6c5C[C@@H](C)N4CC(F)F)cn3)CC2)C1. The molecule has 0 bridgehead atoms. The summed E-state index contributed by atoms with van der Waals surface area (Å²) in [7, 11) is 0. The van der Waals surface area contributed by atoms with Crippen LogP contribution in [0.15, 0.2) is 49.3 Å². The zero-order chi connectivity index (χ0) is 24.9. The molecule has 2 fully saturated rings. The number of ether oxygens (including phenoxy) is 1. The number of aromatic nitrogens is 3. The summed E-state index contributed by atoms with van der Waals surface area (Å²) in [5, 5.41) is 1.16. The minimum atomic E-state index is -2.42. The fourth-order valence-electron chi connectivity index (χ4n) is 6.44. The molecule has 8 heteroatoms. The molecule has 2 saturated heterocycles. The van der Waals surface area contributed by atoms with Crippen LogP contribution in [0.1, 0.15) is 49.0 Å². The molecule has 6 rings (SSSR count). The van der Waals surface area contributed by atoms with Crippen molar-refractivity contribution in [2.45, 2.75) is 56.7 Å². The van der Waals surface area contributed by atoms with Gasteiger partial charge in [0.15, 0.2) is 0 Å². The summed E-state index contributed by atoms with van der Waals surface area (Å²) in [4.78, 5) is 17.1. The predicted molar refractivity (Wildman–Crippen MR) is 136 cm³/mol. The van der Waals surface area contributed by atoms with E-state index in [1.54, 1.807) is 0 Å². The minimum absolute atomic E-state index is 0.0283. The number of rotatable bonds is 5. The Balaban J connectivity index is 1.27. The van der Waals surface area contributed by atoms with Gasteiger partial charge in [-0.25, -0.2) is 18.7 Å². The van der Waals surface area contributed by atoms with Crippen molar-refractivity contribution in [1.82, 2.24) is 19.9 Å². The number of nitrogens with zero attached hydrogens (tertiary/aromatic N) is 4. The fraction of sp³-hybridized carbons (Fsp3) is 0.500. The highest BCUT2D eigenvalue weighted by Crippen LogP contribution is 2.42. The monoisotopic (exact) mass is 493 g/mol. The molecule has 2 unspecified atom stereocenters. The lowest BCUT2D eigenvalue weighted by molar-refractivity contribution is -0.0152. The Morgan fingerprint density at radius 3 is 2.67 bits per heavy atom. The molecule has 2 aromatic heterocycles. The van der Waals surface area contributed by atoms with E-state index in [2.05, 4.69) is 22.5 Å². The number of H-pyrrole nitrogens is 1. The molecule has 1 aromatic carbocycles. The number of piperidine rings is 1. The maximum atomic E-state index is 13.6. The summed E-state index contributed by atoms with van der Waals surface area (Å²) >= 11 is 0. The molecule has 190 valence electrons. The van der Waals surface area contributed by atoms with Crippen molar-refractivity contribution in [3.63, 3.8) is 0 Å². The van der Waals surface area contributed by atoms with Gasteiger partial charge in [0.25, 0.3) is 6.43 Å². The molecule has 3 aliphatic heterocycles. The normalized spacial score (nSPS) is 26.1. The minimum Gasteiger partial charge on any atom is -0.374 e. The van der Waals surface area contributed by atoms with Crippen LogP contribution in [0, 0.1) is 5.92 Å². The van der Waals surface area contributed by atoms with Gasteiger partial charge >= 0.3 is 0 Å². The molecular weight excluding hydrogens is 460 g/mol. The number of hydrogen-bond acceptors (Lipinski definition) is 5. The predicted octanol–water partition coefficient (Wildman–Crippen LogP) is 5.12. The molecule has 5 heterocycles. The van der Waals surface area contributed by atoms with Gasteiger partial charge in [0.1, 0.15) is 0 Å². The second-order valence-corrected chi connectivity index (χ2v) is 10.6. The van der Waals surface area contributed by atoms with E-state index in [1.165, 1.54) is 5.56 Å². The Morgan fingerprint density at radius 2 is 1.97 bits per heavy atom. The van der Waals surface area contributed by atoms with E-state index in [0.29, 0.717) is 11.9 Å². The first-order chi connectivity index (χ1) is 17.5. The van der Waals surface area contributed by atoms with Gasteiger partial charge in [-0.1, -0.05) is 24.3 Å². The Bertz CT molecular complexity index is 1230. The van der Waals surface area contributed by atoms with E-state index in [0.717, 1.165) is 67.5 Å². The van der Waals surface area contributed by atoms with Gasteiger partial charge in [0.2, 0.25) is 5.95 Å². The third kappa shape index (κ3) is 4.10. The number of para-hydroxylation sites is 1. The van der Waals surface area contributed by atoms with Crippen LogP contribution in [-0.4, -0.2) is 64.2 Å². The largest absolute Gasteiger partial charge is 0.374 e. The van der Waals surface area contributed by atoms with Crippen LogP contribution in [0.5, 0.6) is 0 Å². The van der Waals surface area contributed by atoms with Crippen molar-refractivity contribution in [2.24, 2.45) is 5.92 Å². The fourth-order valence-corrected chi connectivity index (χ4v) is 6.44. The maximum Gasteiger partial charge on any atom is 0.251 e. The topological polar surface area (TPSA) is 57.3 Å². The number of aromatic amines is 1. The van der Waals surface area contributed by atoms with Crippen molar-refractivity contribution in [2.75, 3.05) is 31.1 Å². The van der Waals surface area contributed by atoms with E-state index < -0.39 is 6.43 Å². The van der Waals surface area contributed by atoms with Crippen LogP contribution < -0.4 is 4.90 Å². The van der Waals surface area contributed by atoms with E-state index in [1.807, 2.05) is 48.5 Å². The molecule has 3 atom stereocenters. The average Bonchev–Trinajstić information content (AvgIpc) is 3.46. The summed E-state index contributed by atoms with van der Waals surface area (Å²) in [5.41, 5.74) is 4.00. The smallest absolute Gasteiger partial charge is 0.251 e. The van der Waals surface area contributed by atoms with Gasteiger partial charge in [-0.05, 0) is 44.2 Å². The van der Waals surface area contributed by atoms with Crippen molar-refractivity contribution < 1.29 is 13.5 Å². The summed E-state index contributed by atoms with van der Waals surface area (Å²) in [5.74, 6) is 1.13. The molecule has 1 spiro atoms. The third-order valence-corrected chi connectivity index (χ3v) is 8.37. The summed E-state index contributed by atoms with van der Waals surface area (Å²) < 4.78 is 33.4. The highest BCUT2D eigenvalue weighted by atomic mass is 19.3. The number of halogens is 2. The molecule has 3 aliphatic rings. The second kappa shape index (κ2) is 9.23. The molecule has 0 saturated carbocycles. The Hall–Kier alpha value is -2.84. The quantitative estimate of drug-likeness (QED) is 0.500. The average molecular weight is 494 g/mol. The first-order valence-corrected chi connectivity index (χ1v) is 12.9. The van der Waals surface area contributed by atoms with Crippen LogP contribution >= 0.6 is 0 Å². The first-order valence-electron chi connectivity index (χ1n) is 12.9. The maximum absolute atomic E-state index is 13.6. The molecule has 0 radical (unpaired) electrons. The third-order valence-electron chi connectivity index (χ3n) is 8.37. The van der Waals surface area contributed by atoms with Gasteiger partial charge in [0.05, 0.1) is 24.8 Å². The van der Waals surface area contributed by atoms with Crippen LogP contribution in [0.4, 0.5) is 14.7 Å². The first kappa shape index (κ1) is 23.6. The van der Waals surface area contributed by atoms with Crippen molar-refractivity contribution in [1.29, 1.82) is 0 Å². The zero-order valence-electron chi connectivity index (χ0n) is 20.7. The lowest BCUT2D eigenvalue weighted by Gasteiger charge is -2.41. The standard InChI is InChI=1S/C28H33F2N5O/c1-3-19-13-28(36-17-19)8-10-34(11-9-28)27-31-14-20(15-32-27)26-25-22(12-18(2)35(26)16-24(29)30)21-6-4-5-7-23(21)33-25/h3-7,14-15,18-19,24,26,33H,1,8-13,16-17H2,2H3/t18-,19?,26?/m1/s1. The zero-order valence-corrected chi connectivity index (χ0v) is 20.7. The number of alkyl halides is 2. The Kier molecular flexibility index (Phi) is 6.04. The van der Waals surface area contributed by atoms with Crippen molar-refractivity contribution in [3.05, 3.63) is 66.1 Å². The molecule has 0 aliphatic carbocycles. The summed E-state index contributed by atoms with van der Waals surface area (Å²) in [6.07, 6.45) is 6.89. The van der Waals surface area contributed by atoms with Gasteiger partial charge < -0.3 is 14.6 Å². The van der Waals surface area contributed by atoms with E-state index in [-0.39, 0.29) is 24.2 Å².